The molecule has 0 aliphatic heterocycles. The second-order valence-corrected chi connectivity index (χ2v) is 10.4. The molecule has 0 N–H and O–H groups in total. The lowest BCUT2D eigenvalue weighted by atomic mass is 9.85. The van der Waals surface area contributed by atoms with E-state index in [9.17, 15) is 2.74 Å². The van der Waals surface area contributed by atoms with Gasteiger partial charge in [-0.15, -0.1) is 0 Å². The summed E-state index contributed by atoms with van der Waals surface area (Å²) in [4.78, 5) is 0. The minimum atomic E-state index is -0.531. The third kappa shape index (κ3) is 3.72. The SMILES string of the molecule is [2H]c1cc2c(-c3cccc(-c4cccc5ccccc45)c3)c3cc([2H])c([2H])cc3c(-c3c([2H])c([2H])c4c(oc5c([2H])c([2H])c([2H])c([2H])c54)c3[2H])c2cc1[2H]. The van der Waals surface area contributed by atoms with Gasteiger partial charge in [0.05, 0.1) is 15.1 Å². The summed E-state index contributed by atoms with van der Waals surface area (Å²) in [6.07, 6.45) is 0. The minimum absolute atomic E-state index is 0.0675. The topological polar surface area (TPSA) is 13.1 Å². The zero-order chi connectivity index (χ0) is 37.9. The Morgan fingerprint density at radius 1 is 0.419 bits per heavy atom. The van der Waals surface area contributed by atoms with Crippen LogP contribution in [0.1, 0.15) is 15.1 Å². The molecule has 0 spiro atoms. The lowest BCUT2D eigenvalue weighted by Gasteiger charge is -2.18. The van der Waals surface area contributed by atoms with Gasteiger partial charge in [0.25, 0.3) is 0 Å². The molecule has 0 fully saturated rings. The Balaban J connectivity index is 1.43. The van der Waals surface area contributed by atoms with Crippen molar-refractivity contribution in [2.75, 3.05) is 0 Å². The maximum absolute atomic E-state index is 9.46. The van der Waals surface area contributed by atoms with Crippen LogP contribution in [-0.2, 0) is 0 Å². The van der Waals surface area contributed by atoms with Crippen molar-refractivity contribution in [2.45, 2.75) is 0 Å². The van der Waals surface area contributed by atoms with E-state index >= 15 is 0 Å². The predicted molar refractivity (Wildman–Crippen MR) is 183 cm³/mol. The molecule has 1 aromatic heterocycles. The number of para-hydroxylation sites is 1. The van der Waals surface area contributed by atoms with Crippen molar-refractivity contribution in [2.24, 2.45) is 0 Å². The van der Waals surface area contributed by atoms with Crippen LogP contribution in [0.15, 0.2) is 162 Å². The van der Waals surface area contributed by atoms with Crippen LogP contribution in [0.5, 0.6) is 0 Å². The Morgan fingerprint density at radius 3 is 1.84 bits per heavy atom. The Kier molecular flexibility index (Phi) is 3.41. The molecule has 43 heavy (non-hydrogen) atoms. The molecule has 0 saturated carbocycles. The largest absolute Gasteiger partial charge is 0.456 e. The average molecular weight is 558 g/mol. The van der Waals surface area contributed by atoms with Crippen LogP contribution in [0.3, 0.4) is 0 Å². The second-order valence-electron chi connectivity index (χ2n) is 10.4. The summed E-state index contributed by atoms with van der Waals surface area (Å²) in [5, 5.41) is 3.73. The third-order valence-corrected chi connectivity index (χ3v) is 8.08. The van der Waals surface area contributed by atoms with E-state index in [4.69, 9.17) is 16.8 Å². The van der Waals surface area contributed by atoms with E-state index < -0.39 is 36.3 Å². The van der Waals surface area contributed by atoms with Gasteiger partial charge < -0.3 is 4.42 Å². The van der Waals surface area contributed by atoms with Gasteiger partial charge >= 0.3 is 0 Å². The highest BCUT2D eigenvalue weighted by Gasteiger charge is 2.18. The molecular weight excluding hydrogens is 520 g/mol. The molecule has 0 atom stereocenters. The maximum Gasteiger partial charge on any atom is 0.136 e. The van der Waals surface area contributed by atoms with Crippen molar-refractivity contribution >= 4 is 54.3 Å². The first-order chi connectivity index (χ1) is 25.9. The highest BCUT2D eigenvalue weighted by molar-refractivity contribution is 6.22. The maximum atomic E-state index is 9.46. The van der Waals surface area contributed by atoms with E-state index in [0.717, 1.165) is 27.5 Å². The van der Waals surface area contributed by atoms with Crippen molar-refractivity contribution in [3.8, 4) is 33.4 Å². The summed E-state index contributed by atoms with van der Waals surface area (Å²) >= 11 is 0. The number of furan rings is 1. The molecule has 0 saturated heterocycles. The fourth-order valence-corrected chi connectivity index (χ4v) is 6.21. The summed E-state index contributed by atoms with van der Waals surface area (Å²) < 4.78 is 102. The van der Waals surface area contributed by atoms with Gasteiger partial charge in [0.2, 0.25) is 0 Å². The standard InChI is InChI=1S/C42H26O/c1-2-15-31-27(11-1)12-10-21-32(31)28-13-9-14-29(25-28)41-35-17-3-5-19-37(35)42(38-20-6-4-18-36(38)41)30-23-24-34-33-16-7-8-22-39(33)43-40(34)26-30/h1-26H/i3D,4D,5D,6D,7D,8D,16D,22D,23D,24D,26D. The zero-order valence-corrected chi connectivity index (χ0v) is 22.6. The fraction of sp³-hybridized carbons (Fsp3) is 0. The van der Waals surface area contributed by atoms with Crippen LogP contribution in [0.2, 0.25) is 0 Å². The molecule has 9 aromatic rings. The lowest BCUT2D eigenvalue weighted by Crippen LogP contribution is -1.91. The summed E-state index contributed by atoms with van der Waals surface area (Å²) in [5.41, 5.74) is 3.04. The van der Waals surface area contributed by atoms with Gasteiger partial charge in [0.1, 0.15) is 11.2 Å². The molecule has 0 radical (unpaired) electrons. The summed E-state index contributed by atoms with van der Waals surface area (Å²) in [5.74, 6) is 0. The van der Waals surface area contributed by atoms with Crippen molar-refractivity contribution < 1.29 is 19.5 Å². The fourth-order valence-electron chi connectivity index (χ4n) is 6.21. The van der Waals surface area contributed by atoms with E-state index in [2.05, 4.69) is 6.07 Å². The van der Waals surface area contributed by atoms with Gasteiger partial charge in [-0.05, 0) is 89.9 Å². The zero-order valence-electron chi connectivity index (χ0n) is 33.6. The summed E-state index contributed by atoms with van der Waals surface area (Å²) in [6.45, 7) is 0. The third-order valence-electron chi connectivity index (χ3n) is 8.08. The minimum Gasteiger partial charge on any atom is -0.456 e. The molecule has 0 bridgehead atoms. The molecule has 0 aliphatic carbocycles. The lowest BCUT2D eigenvalue weighted by molar-refractivity contribution is 0.669. The number of rotatable bonds is 3. The van der Waals surface area contributed by atoms with Gasteiger partial charge in [-0.3, -0.25) is 0 Å². The van der Waals surface area contributed by atoms with E-state index in [-0.39, 0.29) is 63.3 Å². The predicted octanol–water partition coefficient (Wildman–Crippen LogP) is 12.0. The van der Waals surface area contributed by atoms with Crippen LogP contribution in [0.25, 0.3) is 87.6 Å². The number of hydrogen-bond acceptors (Lipinski definition) is 1. The van der Waals surface area contributed by atoms with Gasteiger partial charge in [-0.1, -0.05) is 133 Å². The molecule has 1 heteroatoms. The Bertz CT molecular complexity index is 3060. The van der Waals surface area contributed by atoms with Crippen molar-refractivity contribution in [1.29, 1.82) is 0 Å². The molecular formula is C42H26O. The molecule has 0 amide bonds. The molecule has 9 rings (SSSR count). The van der Waals surface area contributed by atoms with Crippen LogP contribution in [-0.4, -0.2) is 0 Å². The summed E-state index contributed by atoms with van der Waals surface area (Å²) in [6, 6.07) is 24.6. The van der Waals surface area contributed by atoms with E-state index in [1.165, 1.54) is 12.1 Å². The number of hydrogen-bond donors (Lipinski definition) is 0. The van der Waals surface area contributed by atoms with Crippen LogP contribution in [0, 0.1) is 0 Å². The normalized spacial score (nSPS) is 15.3. The van der Waals surface area contributed by atoms with Gasteiger partial charge in [-0.2, -0.15) is 0 Å². The first kappa shape index (κ1) is 15.5. The highest BCUT2D eigenvalue weighted by Crippen LogP contribution is 2.45. The van der Waals surface area contributed by atoms with E-state index in [0.29, 0.717) is 27.1 Å². The van der Waals surface area contributed by atoms with E-state index in [1.54, 1.807) is 12.1 Å². The Labute approximate surface area is 264 Å². The average Bonchev–Trinajstić information content (AvgIpc) is 3.58. The quantitative estimate of drug-likeness (QED) is 0.197. The van der Waals surface area contributed by atoms with Crippen LogP contribution >= 0.6 is 0 Å². The van der Waals surface area contributed by atoms with Crippen LogP contribution in [0.4, 0.5) is 0 Å². The van der Waals surface area contributed by atoms with Crippen molar-refractivity contribution in [3.63, 3.8) is 0 Å². The van der Waals surface area contributed by atoms with Gasteiger partial charge in [-0.25, -0.2) is 0 Å². The molecule has 0 aliphatic rings. The first-order valence-electron chi connectivity index (χ1n) is 19.4. The molecule has 0 unspecified atom stereocenters. The smallest absolute Gasteiger partial charge is 0.136 e. The molecule has 1 nitrogen and oxygen atoms in total. The van der Waals surface area contributed by atoms with Crippen molar-refractivity contribution in [1.82, 2.24) is 0 Å². The van der Waals surface area contributed by atoms with Crippen LogP contribution < -0.4 is 0 Å². The Hall–Kier alpha value is -5.66. The second kappa shape index (κ2) is 9.44. The van der Waals surface area contributed by atoms with Crippen molar-refractivity contribution in [3.05, 3.63) is 157 Å². The highest BCUT2D eigenvalue weighted by atomic mass is 16.3. The summed E-state index contributed by atoms with van der Waals surface area (Å²) in [7, 11) is 0. The monoisotopic (exact) mass is 557 g/mol. The first-order valence-corrected chi connectivity index (χ1v) is 13.9. The number of fused-ring (bicyclic) bond motifs is 6. The molecule has 1 heterocycles. The van der Waals surface area contributed by atoms with Gasteiger partial charge in [0, 0.05) is 10.8 Å². The number of benzene rings is 8. The van der Waals surface area contributed by atoms with Gasteiger partial charge in [0.15, 0.2) is 0 Å². The molecule has 200 valence electrons. The molecule has 8 aromatic carbocycles. The Morgan fingerprint density at radius 2 is 1.05 bits per heavy atom. The van der Waals surface area contributed by atoms with E-state index in [1.807, 2.05) is 60.7 Å².